The second-order valence-corrected chi connectivity index (χ2v) is 5.76. The number of hydrogen-bond acceptors (Lipinski definition) is 5. The van der Waals surface area contributed by atoms with Crippen LogP contribution in [0.25, 0.3) is 11.0 Å². The quantitative estimate of drug-likeness (QED) is 0.580. The van der Waals surface area contributed by atoms with Crippen LogP contribution >= 0.6 is 0 Å². The number of imidazole rings is 1. The maximum absolute atomic E-state index is 12.3. The molecule has 8 heteroatoms. The van der Waals surface area contributed by atoms with Crippen LogP contribution in [0.3, 0.4) is 0 Å². The zero-order valence-electron chi connectivity index (χ0n) is 15.0. The minimum atomic E-state index is -0.466. The van der Waals surface area contributed by atoms with Gasteiger partial charge in [-0.3, -0.25) is 20.4 Å². The summed E-state index contributed by atoms with van der Waals surface area (Å²) in [4.78, 5) is 31.6. The van der Waals surface area contributed by atoms with E-state index >= 15 is 0 Å². The number of aromatic nitrogens is 2. The van der Waals surface area contributed by atoms with Crippen molar-refractivity contribution in [1.82, 2.24) is 20.8 Å². The Morgan fingerprint density at radius 1 is 1.04 bits per heavy atom. The number of methoxy groups -OCH3 is 1. The topological polar surface area (TPSA) is 105 Å². The van der Waals surface area contributed by atoms with Crippen LogP contribution in [0.4, 0.5) is 0 Å². The van der Waals surface area contributed by atoms with Gasteiger partial charge in [0.15, 0.2) is 11.5 Å². The Labute approximate surface area is 155 Å². The van der Waals surface area contributed by atoms with Crippen molar-refractivity contribution in [2.75, 3.05) is 13.7 Å². The largest absolute Gasteiger partial charge is 0.493 e. The highest BCUT2D eigenvalue weighted by Crippen LogP contribution is 2.28. The van der Waals surface area contributed by atoms with Crippen molar-refractivity contribution >= 4 is 22.8 Å². The zero-order chi connectivity index (χ0) is 19.2. The number of carbonyl (C=O) groups is 2. The third-order valence-electron chi connectivity index (χ3n) is 3.86. The maximum Gasteiger partial charge on any atom is 0.269 e. The van der Waals surface area contributed by atoms with E-state index in [4.69, 9.17) is 9.47 Å². The predicted octanol–water partition coefficient (Wildman–Crippen LogP) is 2.44. The van der Waals surface area contributed by atoms with Gasteiger partial charge in [-0.1, -0.05) is 6.92 Å². The molecule has 2 amide bonds. The van der Waals surface area contributed by atoms with Crippen molar-refractivity contribution in [2.45, 2.75) is 13.3 Å². The molecule has 140 valence electrons. The van der Waals surface area contributed by atoms with Crippen LogP contribution in [0.5, 0.6) is 11.5 Å². The van der Waals surface area contributed by atoms with Gasteiger partial charge < -0.3 is 14.5 Å². The van der Waals surface area contributed by atoms with E-state index in [-0.39, 0.29) is 0 Å². The molecule has 27 heavy (non-hydrogen) atoms. The van der Waals surface area contributed by atoms with Gasteiger partial charge in [-0.05, 0) is 42.8 Å². The molecule has 3 rings (SSSR count). The summed E-state index contributed by atoms with van der Waals surface area (Å²) in [5, 5.41) is 0. The number of nitrogens with zero attached hydrogens (tertiary/aromatic N) is 1. The Kier molecular flexibility index (Phi) is 5.55. The number of benzene rings is 2. The first-order chi connectivity index (χ1) is 13.1. The first-order valence-corrected chi connectivity index (χ1v) is 8.47. The van der Waals surface area contributed by atoms with E-state index in [0.717, 1.165) is 17.5 Å². The van der Waals surface area contributed by atoms with Gasteiger partial charge in [0.05, 0.1) is 31.1 Å². The van der Waals surface area contributed by atoms with Crippen LogP contribution in [0.15, 0.2) is 42.7 Å². The number of hydrogen-bond donors (Lipinski definition) is 3. The molecule has 0 spiro atoms. The minimum absolute atomic E-state index is 0.333. The standard InChI is InChI=1S/C19H20N4O4/c1-3-8-27-16-7-5-13(10-17(16)26-2)19(25)23-22-18(24)12-4-6-14-15(9-12)21-11-20-14/h4-7,9-11H,3,8H2,1-2H3,(H,20,21)(H,22,24)(H,23,25). The lowest BCUT2D eigenvalue weighted by Crippen LogP contribution is -2.41. The fourth-order valence-electron chi connectivity index (χ4n) is 2.47. The fraction of sp³-hybridized carbons (Fsp3) is 0.211. The zero-order valence-corrected chi connectivity index (χ0v) is 15.0. The van der Waals surface area contributed by atoms with Crippen molar-refractivity contribution < 1.29 is 19.1 Å². The van der Waals surface area contributed by atoms with Gasteiger partial charge >= 0.3 is 0 Å². The molecule has 1 aromatic heterocycles. The molecular weight excluding hydrogens is 348 g/mol. The molecule has 0 fully saturated rings. The SMILES string of the molecule is CCCOc1ccc(C(=O)NNC(=O)c2ccc3nc[nH]c3c2)cc1OC. The fourth-order valence-corrected chi connectivity index (χ4v) is 2.47. The molecule has 0 radical (unpaired) electrons. The summed E-state index contributed by atoms with van der Waals surface area (Å²) in [6.07, 6.45) is 2.41. The molecular formula is C19H20N4O4. The molecule has 0 saturated carbocycles. The Morgan fingerprint density at radius 2 is 1.74 bits per heavy atom. The van der Waals surface area contributed by atoms with Crippen molar-refractivity contribution in [3.63, 3.8) is 0 Å². The molecule has 3 aromatic rings. The highest BCUT2D eigenvalue weighted by molar-refractivity contribution is 6.00. The Morgan fingerprint density at radius 3 is 2.44 bits per heavy atom. The van der Waals surface area contributed by atoms with Crippen LogP contribution in [0.2, 0.25) is 0 Å². The van der Waals surface area contributed by atoms with Crippen LogP contribution in [-0.2, 0) is 0 Å². The molecule has 0 atom stereocenters. The van der Waals surface area contributed by atoms with E-state index in [2.05, 4.69) is 20.8 Å². The lowest BCUT2D eigenvalue weighted by molar-refractivity contribution is 0.0846. The molecule has 0 aliphatic rings. The van der Waals surface area contributed by atoms with Crippen molar-refractivity contribution in [3.05, 3.63) is 53.9 Å². The second-order valence-electron chi connectivity index (χ2n) is 5.76. The molecule has 0 saturated heterocycles. The molecule has 0 aliphatic carbocycles. The monoisotopic (exact) mass is 368 g/mol. The number of carbonyl (C=O) groups excluding carboxylic acids is 2. The predicted molar refractivity (Wildman–Crippen MR) is 99.8 cm³/mol. The van der Waals surface area contributed by atoms with Gasteiger partial charge in [0, 0.05) is 11.1 Å². The molecule has 8 nitrogen and oxygen atoms in total. The number of nitrogens with one attached hydrogen (secondary N) is 3. The molecule has 0 unspecified atom stereocenters. The van der Waals surface area contributed by atoms with E-state index in [0.29, 0.717) is 29.2 Å². The summed E-state index contributed by atoms with van der Waals surface area (Å²) in [5.41, 5.74) is 7.01. The minimum Gasteiger partial charge on any atom is -0.493 e. The average molecular weight is 368 g/mol. The van der Waals surface area contributed by atoms with E-state index in [1.807, 2.05) is 6.92 Å². The summed E-state index contributed by atoms with van der Waals surface area (Å²) in [6, 6.07) is 9.84. The number of H-pyrrole nitrogens is 1. The average Bonchev–Trinajstić information content (AvgIpc) is 3.17. The van der Waals surface area contributed by atoms with E-state index < -0.39 is 11.8 Å². The van der Waals surface area contributed by atoms with Crippen LogP contribution in [-0.4, -0.2) is 35.5 Å². The van der Waals surface area contributed by atoms with Gasteiger partial charge in [0.25, 0.3) is 11.8 Å². The first kappa shape index (κ1) is 18.2. The number of ether oxygens (including phenoxy) is 2. The van der Waals surface area contributed by atoms with Gasteiger partial charge in [0.1, 0.15) is 0 Å². The normalized spacial score (nSPS) is 10.4. The highest BCUT2D eigenvalue weighted by Gasteiger charge is 2.13. The lowest BCUT2D eigenvalue weighted by Gasteiger charge is -2.12. The summed E-state index contributed by atoms with van der Waals surface area (Å²) in [7, 11) is 1.50. The molecule has 1 heterocycles. The van der Waals surface area contributed by atoms with Crippen molar-refractivity contribution in [2.24, 2.45) is 0 Å². The lowest BCUT2D eigenvalue weighted by atomic mass is 10.2. The molecule has 0 aliphatic heterocycles. The third kappa shape index (κ3) is 4.17. The summed E-state index contributed by atoms with van der Waals surface area (Å²) in [6.45, 7) is 2.56. The summed E-state index contributed by atoms with van der Waals surface area (Å²) >= 11 is 0. The number of rotatable bonds is 6. The van der Waals surface area contributed by atoms with E-state index in [9.17, 15) is 9.59 Å². The number of fused-ring (bicyclic) bond motifs is 1. The van der Waals surface area contributed by atoms with E-state index in [1.54, 1.807) is 42.7 Å². The first-order valence-electron chi connectivity index (χ1n) is 8.47. The van der Waals surface area contributed by atoms with Gasteiger partial charge in [-0.2, -0.15) is 0 Å². The molecule has 0 bridgehead atoms. The Hall–Kier alpha value is -3.55. The Bertz CT molecular complexity index is 967. The van der Waals surface area contributed by atoms with Gasteiger partial charge in [-0.25, -0.2) is 4.98 Å². The smallest absolute Gasteiger partial charge is 0.269 e. The third-order valence-corrected chi connectivity index (χ3v) is 3.86. The Balaban J connectivity index is 1.65. The summed E-state index contributed by atoms with van der Waals surface area (Å²) in [5.74, 6) is 0.112. The van der Waals surface area contributed by atoms with E-state index in [1.165, 1.54) is 7.11 Å². The summed E-state index contributed by atoms with van der Waals surface area (Å²) < 4.78 is 10.8. The maximum atomic E-state index is 12.3. The number of amides is 2. The van der Waals surface area contributed by atoms with Gasteiger partial charge in [0.2, 0.25) is 0 Å². The van der Waals surface area contributed by atoms with Crippen LogP contribution in [0.1, 0.15) is 34.1 Å². The number of aromatic amines is 1. The number of hydrazine groups is 1. The van der Waals surface area contributed by atoms with Crippen molar-refractivity contribution in [3.8, 4) is 11.5 Å². The van der Waals surface area contributed by atoms with Crippen molar-refractivity contribution in [1.29, 1.82) is 0 Å². The van der Waals surface area contributed by atoms with Gasteiger partial charge in [-0.15, -0.1) is 0 Å². The highest BCUT2D eigenvalue weighted by atomic mass is 16.5. The second kappa shape index (κ2) is 8.22. The molecule has 3 N–H and O–H groups in total. The molecule has 2 aromatic carbocycles. The van der Waals surface area contributed by atoms with Crippen LogP contribution < -0.4 is 20.3 Å². The van der Waals surface area contributed by atoms with Crippen LogP contribution in [0, 0.1) is 0 Å².